The Morgan fingerprint density at radius 3 is 2.86 bits per heavy atom. The summed E-state index contributed by atoms with van der Waals surface area (Å²) in [7, 11) is 0. The highest BCUT2D eigenvalue weighted by Crippen LogP contribution is 2.13. The van der Waals surface area contributed by atoms with Gasteiger partial charge in [-0.2, -0.15) is 0 Å². The third kappa shape index (κ3) is 3.58. The molecule has 2 aromatic rings. The third-order valence-corrected chi connectivity index (χ3v) is 4.18. The summed E-state index contributed by atoms with van der Waals surface area (Å²) in [4.78, 5) is 24.0. The van der Waals surface area contributed by atoms with Crippen LogP contribution in [0.5, 0.6) is 0 Å². The van der Waals surface area contributed by atoms with Crippen LogP contribution >= 0.6 is 11.3 Å². The highest BCUT2D eigenvalue weighted by Gasteiger charge is 2.22. The van der Waals surface area contributed by atoms with E-state index in [-0.39, 0.29) is 11.7 Å². The van der Waals surface area contributed by atoms with Gasteiger partial charge in [-0.25, -0.2) is 14.2 Å². The molecular weight excluding hydrogens is 305 g/mol. The minimum absolute atomic E-state index is 0.157. The van der Waals surface area contributed by atoms with Crippen molar-refractivity contribution in [1.82, 2.24) is 19.8 Å². The number of anilines is 1. The molecular formula is C14H16FN5OS. The molecule has 1 aliphatic heterocycles. The molecule has 0 atom stereocenters. The Kier molecular flexibility index (Phi) is 4.59. The van der Waals surface area contributed by atoms with Gasteiger partial charge in [-0.1, -0.05) is 0 Å². The van der Waals surface area contributed by atoms with Gasteiger partial charge >= 0.3 is 6.03 Å². The van der Waals surface area contributed by atoms with Crippen molar-refractivity contribution in [3.8, 4) is 0 Å². The molecule has 0 aromatic carbocycles. The molecule has 3 rings (SSSR count). The Labute approximate surface area is 131 Å². The maximum absolute atomic E-state index is 13.5. The van der Waals surface area contributed by atoms with Gasteiger partial charge in [0.1, 0.15) is 0 Å². The summed E-state index contributed by atoms with van der Waals surface area (Å²) in [6.45, 7) is 3.59. The highest BCUT2D eigenvalue weighted by atomic mass is 32.1. The molecule has 116 valence electrons. The Balaban J connectivity index is 1.50. The monoisotopic (exact) mass is 321 g/mol. The Hall–Kier alpha value is -2.06. The van der Waals surface area contributed by atoms with Crippen LogP contribution in [0.15, 0.2) is 29.4 Å². The van der Waals surface area contributed by atoms with E-state index in [1.54, 1.807) is 16.2 Å². The molecule has 8 heteroatoms. The lowest BCUT2D eigenvalue weighted by Crippen LogP contribution is -2.49. The molecule has 6 nitrogen and oxygen atoms in total. The fraction of sp³-hybridized carbons (Fsp3) is 0.357. The standard InChI is InChI=1S/C14H16FN5OS/c15-12-7-16-2-1-13(12)18-14(21)20-5-3-19(4-6-20)8-11-9-22-10-17-11/h1-2,7,9-10H,3-6,8H2,(H,16,18,21). The van der Waals surface area contributed by atoms with E-state index < -0.39 is 5.82 Å². The molecule has 0 bridgehead atoms. The van der Waals surface area contributed by atoms with Crippen molar-refractivity contribution in [3.63, 3.8) is 0 Å². The Morgan fingerprint density at radius 1 is 1.36 bits per heavy atom. The van der Waals surface area contributed by atoms with Crippen LogP contribution in [0.2, 0.25) is 0 Å². The molecule has 0 aliphatic carbocycles. The first kappa shape index (κ1) is 14.9. The molecule has 2 amide bonds. The second-order valence-electron chi connectivity index (χ2n) is 5.03. The van der Waals surface area contributed by atoms with Crippen LogP contribution in [0.1, 0.15) is 5.69 Å². The van der Waals surface area contributed by atoms with E-state index in [0.717, 1.165) is 31.5 Å². The van der Waals surface area contributed by atoms with Crippen molar-refractivity contribution in [2.45, 2.75) is 6.54 Å². The third-order valence-electron chi connectivity index (χ3n) is 3.54. The highest BCUT2D eigenvalue weighted by molar-refractivity contribution is 7.07. The summed E-state index contributed by atoms with van der Waals surface area (Å²) in [5.41, 5.74) is 3.04. The van der Waals surface area contributed by atoms with E-state index in [0.29, 0.717) is 13.1 Å². The summed E-state index contributed by atoms with van der Waals surface area (Å²) >= 11 is 1.58. The Bertz CT molecular complexity index is 628. The van der Waals surface area contributed by atoms with Gasteiger partial charge in [0.25, 0.3) is 0 Å². The second-order valence-corrected chi connectivity index (χ2v) is 5.75. The first-order valence-corrected chi connectivity index (χ1v) is 7.91. The van der Waals surface area contributed by atoms with Gasteiger partial charge in [-0.15, -0.1) is 11.3 Å². The quantitative estimate of drug-likeness (QED) is 0.939. The number of hydrogen-bond donors (Lipinski definition) is 1. The zero-order valence-electron chi connectivity index (χ0n) is 11.9. The lowest BCUT2D eigenvalue weighted by molar-refractivity contribution is 0.142. The number of pyridine rings is 1. The number of nitrogens with zero attached hydrogens (tertiary/aromatic N) is 4. The summed E-state index contributed by atoms with van der Waals surface area (Å²) in [5.74, 6) is -0.530. The van der Waals surface area contributed by atoms with Gasteiger partial charge in [-0.05, 0) is 6.07 Å². The molecule has 0 saturated carbocycles. The van der Waals surface area contributed by atoms with Crippen LogP contribution in [-0.2, 0) is 6.54 Å². The van der Waals surface area contributed by atoms with Crippen LogP contribution in [0.25, 0.3) is 0 Å². The van der Waals surface area contributed by atoms with Gasteiger partial charge in [0.2, 0.25) is 0 Å². The van der Waals surface area contributed by atoms with Gasteiger partial charge in [0, 0.05) is 44.3 Å². The SMILES string of the molecule is O=C(Nc1ccncc1F)N1CCN(Cc2cscn2)CC1. The van der Waals surface area contributed by atoms with Gasteiger partial charge < -0.3 is 10.2 Å². The van der Waals surface area contributed by atoms with Crippen molar-refractivity contribution in [3.05, 3.63) is 40.9 Å². The van der Waals surface area contributed by atoms with Crippen molar-refractivity contribution in [2.24, 2.45) is 0 Å². The minimum atomic E-state index is -0.530. The normalized spacial score (nSPS) is 15.8. The zero-order chi connectivity index (χ0) is 15.4. The zero-order valence-corrected chi connectivity index (χ0v) is 12.7. The van der Waals surface area contributed by atoms with Crippen LogP contribution in [0, 0.1) is 5.82 Å². The topological polar surface area (TPSA) is 61.4 Å². The number of carbonyl (C=O) groups is 1. The Morgan fingerprint density at radius 2 is 2.18 bits per heavy atom. The molecule has 2 aromatic heterocycles. The molecule has 0 spiro atoms. The number of piperazine rings is 1. The van der Waals surface area contributed by atoms with E-state index in [1.807, 2.05) is 10.9 Å². The van der Waals surface area contributed by atoms with Gasteiger partial charge in [0.05, 0.1) is 23.1 Å². The lowest BCUT2D eigenvalue weighted by Gasteiger charge is -2.34. The van der Waals surface area contributed by atoms with E-state index in [2.05, 4.69) is 20.2 Å². The van der Waals surface area contributed by atoms with Crippen LogP contribution in [0.4, 0.5) is 14.9 Å². The lowest BCUT2D eigenvalue weighted by atomic mass is 10.3. The van der Waals surface area contributed by atoms with E-state index in [1.165, 1.54) is 12.3 Å². The first-order valence-electron chi connectivity index (χ1n) is 6.97. The number of hydrogen-bond acceptors (Lipinski definition) is 5. The summed E-state index contributed by atoms with van der Waals surface area (Å²) in [6, 6.07) is 1.17. The fourth-order valence-electron chi connectivity index (χ4n) is 2.32. The number of aromatic nitrogens is 2. The molecule has 1 aliphatic rings. The number of amides is 2. The molecule has 0 unspecified atom stereocenters. The summed E-state index contributed by atoms with van der Waals surface area (Å²) < 4.78 is 13.5. The number of thiazole rings is 1. The fourth-order valence-corrected chi connectivity index (χ4v) is 2.87. The molecule has 3 heterocycles. The smallest absolute Gasteiger partial charge is 0.322 e. The van der Waals surface area contributed by atoms with Gasteiger partial charge in [0.15, 0.2) is 5.82 Å². The number of rotatable bonds is 3. The van der Waals surface area contributed by atoms with E-state index >= 15 is 0 Å². The number of carbonyl (C=O) groups excluding carboxylic acids is 1. The minimum Gasteiger partial charge on any atom is -0.322 e. The largest absolute Gasteiger partial charge is 0.322 e. The van der Waals surface area contributed by atoms with Crippen molar-refractivity contribution in [1.29, 1.82) is 0 Å². The predicted octanol–water partition coefficient (Wildman–Crippen LogP) is 2.03. The summed E-state index contributed by atoms with van der Waals surface area (Å²) in [5, 5.41) is 4.62. The number of halogens is 1. The molecule has 0 radical (unpaired) electrons. The van der Waals surface area contributed by atoms with Crippen LogP contribution in [0.3, 0.4) is 0 Å². The van der Waals surface area contributed by atoms with Crippen molar-refractivity contribution < 1.29 is 9.18 Å². The summed E-state index contributed by atoms with van der Waals surface area (Å²) in [6.07, 6.45) is 2.53. The van der Waals surface area contributed by atoms with Crippen LogP contribution < -0.4 is 5.32 Å². The molecule has 1 saturated heterocycles. The number of nitrogens with one attached hydrogen (secondary N) is 1. The average Bonchev–Trinajstić information content (AvgIpc) is 3.03. The predicted molar refractivity (Wildman–Crippen MR) is 82.2 cm³/mol. The van der Waals surface area contributed by atoms with Crippen molar-refractivity contribution >= 4 is 23.1 Å². The van der Waals surface area contributed by atoms with Crippen LogP contribution in [-0.4, -0.2) is 52.0 Å². The molecule has 1 fully saturated rings. The molecule has 1 N–H and O–H groups in total. The van der Waals surface area contributed by atoms with Gasteiger partial charge in [-0.3, -0.25) is 9.88 Å². The average molecular weight is 321 g/mol. The van der Waals surface area contributed by atoms with E-state index in [4.69, 9.17) is 0 Å². The van der Waals surface area contributed by atoms with Crippen molar-refractivity contribution in [2.75, 3.05) is 31.5 Å². The number of urea groups is 1. The first-order chi connectivity index (χ1) is 10.7. The second kappa shape index (κ2) is 6.80. The van der Waals surface area contributed by atoms with E-state index in [9.17, 15) is 9.18 Å². The maximum atomic E-state index is 13.5. The molecule has 22 heavy (non-hydrogen) atoms. The maximum Gasteiger partial charge on any atom is 0.322 e.